The third-order valence-corrected chi connectivity index (χ3v) is 2.16. The summed E-state index contributed by atoms with van der Waals surface area (Å²) in [6.07, 6.45) is 0.893. The molecule has 0 aliphatic carbocycles. The third kappa shape index (κ3) is 1.96. The van der Waals surface area contributed by atoms with Crippen molar-refractivity contribution in [3.05, 3.63) is 24.0 Å². The fourth-order valence-corrected chi connectivity index (χ4v) is 1.38. The Balaban J connectivity index is 2.05. The van der Waals surface area contributed by atoms with Crippen LogP contribution in [0.1, 0.15) is 6.42 Å². The number of nitrogens with two attached hydrogens (primary N) is 1. The number of ether oxygens (including phenoxy) is 2. The number of rotatable bonds is 2. The van der Waals surface area contributed by atoms with Gasteiger partial charge in [-0.3, -0.25) is 0 Å². The van der Waals surface area contributed by atoms with Crippen molar-refractivity contribution in [3.8, 4) is 5.75 Å². The highest BCUT2D eigenvalue weighted by molar-refractivity contribution is 5.43. The molecule has 0 spiro atoms. The Morgan fingerprint density at radius 2 is 2.36 bits per heavy atom. The van der Waals surface area contributed by atoms with E-state index in [0.717, 1.165) is 6.42 Å². The highest BCUT2D eigenvalue weighted by Crippen LogP contribution is 2.21. The molecule has 1 saturated heterocycles. The number of benzene rings is 1. The number of nitrogen functional groups attached to an aromatic ring is 1. The summed E-state index contributed by atoms with van der Waals surface area (Å²) in [5.74, 6) is 0.0635. The second-order valence-corrected chi connectivity index (χ2v) is 3.29. The lowest BCUT2D eigenvalue weighted by Crippen LogP contribution is -2.15. The molecule has 2 rings (SSSR count). The SMILES string of the molecule is Nc1ccc(O[C@@H]2CCOC2)cc1F. The zero-order valence-electron chi connectivity index (χ0n) is 7.70. The Hall–Kier alpha value is -1.29. The first-order valence-electron chi connectivity index (χ1n) is 4.55. The highest BCUT2D eigenvalue weighted by atomic mass is 19.1. The lowest BCUT2D eigenvalue weighted by molar-refractivity contribution is 0.141. The molecule has 1 fully saturated rings. The van der Waals surface area contributed by atoms with Gasteiger partial charge >= 0.3 is 0 Å². The lowest BCUT2D eigenvalue weighted by Gasteiger charge is -2.11. The van der Waals surface area contributed by atoms with Gasteiger partial charge in [-0.05, 0) is 12.1 Å². The first kappa shape index (κ1) is 9.27. The second kappa shape index (κ2) is 3.84. The van der Waals surface area contributed by atoms with Crippen molar-refractivity contribution in [2.75, 3.05) is 18.9 Å². The van der Waals surface area contributed by atoms with Gasteiger partial charge in [0.1, 0.15) is 17.7 Å². The van der Waals surface area contributed by atoms with E-state index in [2.05, 4.69) is 0 Å². The summed E-state index contributed by atoms with van der Waals surface area (Å²) in [6.45, 7) is 1.29. The molecule has 1 atom stereocenters. The van der Waals surface area contributed by atoms with Crippen LogP contribution in [0.5, 0.6) is 5.75 Å². The normalized spacial score (nSPS) is 21.1. The number of hydrogen-bond acceptors (Lipinski definition) is 3. The average Bonchev–Trinajstić information content (AvgIpc) is 2.64. The maximum atomic E-state index is 13.0. The van der Waals surface area contributed by atoms with E-state index in [9.17, 15) is 4.39 Å². The van der Waals surface area contributed by atoms with Crippen molar-refractivity contribution < 1.29 is 13.9 Å². The largest absolute Gasteiger partial charge is 0.488 e. The Morgan fingerprint density at radius 3 is 3.00 bits per heavy atom. The van der Waals surface area contributed by atoms with Crippen molar-refractivity contribution >= 4 is 5.69 Å². The molecule has 0 amide bonds. The standard InChI is InChI=1S/C10H12FNO2/c11-9-5-7(1-2-10(9)12)14-8-3-4-13-6-8/h1-2,5,8H,3-4,6,12H2/t8-/m1/s1. The molecule has 4 heteroatoms. The maximum Gasteiger partial charge on any atom is 0.149 e. The van der Waals surface area contributed by atoms with Gasteiger partial charge in [-0.25, -0.2) is 4.39 Å². The summed E-state index contributed by atoms with van der Waals surface area (Å²) in [6, 6.07) is 4.46. The Morgan fingerprint density at radius 1 is 1.50 bits per heavy atom. The zero-order chi connectivity index (χ0) is 9.97. The molecule has 2 N–H and O–H groups in total. The lowest BCUT2D eigenvalue weighted by atomic mass is 10.3. The third-order valence-electron chi connectivity index (χ3n) is 2.16. The molecule has 1 aromatic carbocycles. The minimum atomic E-state index is -0.443. The van der Waals surface area contributed by atoms with E-state index in [-0.39, 0.29) is 11.8 Å². The molecule has 1 aliphatic heterocycles. The van der Waals surface area contributed by atoms with Crippen molar-refractivity contribution in [1.82, 2.24) is 0 Å². The van der Waals surface area contributed by atoms with Crippen LogP contribution in [-0.4, -0.2) is 19.3 Å². The first-order valence-corrected chi connectivity index (χ1v) is 4.55. The molecule has 14 heavy (non-hydrogen) atoms. The summed E-state index contributed by atoms with van der Waals surface area (Å²) in [5, 5.41) is 0. The minimum absolute atomic E-state index is 0.0398. The van der Waals surface area contributed by atoms with E-state index in [4.69, 9.17) is 15.2 Å². The van der Waals surface area contributed by atoms with Crippen molar-refractivity contribution in [1.29, 1.82) is 0 Å². The van der Waals surface area contributed by atoms with E-state index in [1.807, 2.05) is 0 Å². The summed E-state index contributed by atoms with van der Waals surface area (Å²) in [7, 11) is 0. The van der Waals surface area contributed by atoms with E-state index in [1.54, 1.807) is 6.07 Å². The van der Waals surface area contributed by atoms with E-state index >= 15 is 0 Å². The van der Waals surface area contributed by atoms with Crippen LogP contribution in [0.25, 0.3) is 0 Å². The van der Waals surface area contributed by atoms with Gasteiger partial charge in [0.25, 0.3) is 0 Å². The maximum absolute atomic E-state index is 13.0. The van der Waals surface area contributed by atoms with Crippen LogP contribution in [0, 0.1) is 5.82 Å². The van der Waals surface area contributed by atoms with E-state index < -0.39 is 5.82 Å². The smallest absolute Gasteiger partial charge is 0.149 e. The van der Waals surface area contributed by atoms with Gasteiger partial charge in [-0.15, -0.1) is 0 Å². The van der Waals surface area contributed by atoms with Gasteiger partial charge in [-0.2, -0.15) is 0 Å². The molecule has 0 unspecified atom stereocenters. The van der Waals surface area contributed by atoms with Crippen molar-refractivity contribution in [2.45, 2.75) is 12.5 Å². The van der Waals surface area contributed by atoms with Gasteiger partial charge in [0.15, 0.2) is 0 Å². The average molecular weight is 197 g/mol. The summed E-state index contributed by atoms with van der Waals surface area (Å²) in [4.78, 5) is 0. The van der Waals surface area contributed by atoms with Crippen LogP contribution >= 0.6 is 0 Å². The summed E-state index contributed by atoms with van der Waals surface area (Å²) < 4.78 is 23.6. The molecule has 0 aromatic heterocycles. The van der Waals surface area contributed by atoms with E-state index in [1.165, 1.54) is 12.1 Å². The molecule has 1 heterocycles. The predicted octanol–water partition coefficient (Wildman–Crippen LogP) is 1.58. The van der Waals surface area contributed by atoms with Gasteiger partial charge in [0.2, 0.25) is 0 Å². The number of halogens is 1. The van der Waals surface area contributed by atoms with Gasteiger partial charge < -0.3 is 15.2 Å². The molecule has 3 nitrogen and oxygen atoms in total. The summed E-state index contributed by atoms with van der Waals surface area (Å²) >= 11 is 0. The van der Waals surface area contributed by atoms with Crippen LogP contribution in [0.2, 0.25) is 0 Å². The first-order chi connectivity index (χ1) is 6.75. The second-order valence-electron chi connectivity index (χ2n) is 3.29. The Bertz CT molecular complexity index is 324. The number of anilines is 1. The van der Waals surface area contributed by atoms with Gasteiger partial charge in [0.05, 0.1) is 18.9 Å². The molecule has 0 saturated carbocycles. The zero-order valence-corrected chi connectivity index (χ0v) is 7.70. The van der Waals surface area contributed by atoms with Crippen LogP contribution < -0.4 is 10.5 Å². The van der Waals surface area contributed by atoms with Gasteiger partial charge in [-0.1, -0.05) is 0 Å². The summed E-state index contributed by atoms with van der Waals surface area (Å²) in [5.41, 5.74) is 5.48. The Kier molecular flexibility index (Phi) is 2.54. The molecule has 1 aromatic rings. The van der Waals surface area contributed by atoms with Crippen LogP contribution in [0.4, 0.5) is 10.1 Å². The molecule has 0 radical (unpaired) electrons. The molecule has 76 valence electrons. The predicted molar refractivity (Wildman–Crippen MR) is 50.7 cm³/mol. The quantitative estimate of drug-likeness (QED) is 0.732. The minimum Gasteiger partial charge on any atom is -0.488 e. The number of hydrogen-bond donors (Lipinski definition) is 1. The van der Waals surface area contributed by atoms with E-state index in [0.29, 0.717) is 19.0 Å². The molecular weight excluding hydrogens is 185 g/mol. The monoisotopic (exact) mass is 197 g/mol. The molecular formula is C10H12FNO2. The fourth-order valence-electron chi connectivity index (χ4n) is 1.38. The van der Waals surface area contributed by atoms with Crippen molar-refractivity contribution in [2.24, 2.45) is 0 Å². The van der Waals surface area contributed by atoms with Crippen molar-refractivity contribution in [3.63, 3.8) is 0 Å². The highest BCUT2D eigenvalue weighted by Gasteiger charge is 2.17. The fraction of sp³-hybridized carbons (Fsp3) is 0.400. The van der Waals surface area contributed by atoms with Gasteiger partial charge in [0, 0.05) is 12.5 Å². The van der Waals surface area contributed by atoms with Crippen LogP contribution in [0.3, 0.4) is 0 Å². The van der Waals surface area contributed by atoms with Crippen LogP contribution in [-0.2, 0) is 4.74 Å². The molecule has 1 aliphatic rings. The topological polar surface area (TPSA) is 44.5 Å². The van der Waals surface area contributed by atoms with Crippen LogP contribution in [0.15, 0.2) is 18.2 Å². The Labute approximate surface area is 81.6 Å². The molecule has 0 bridgehead atoms.